The van der Waals surface area contributed by atoms with Crippen LogP contribution < -0.4 is 31.9 Å². The third-order valence-corrected chi connectivity index (χ3v) is 7.71. The van der Waals surface area contributed by atoms with E-state index in [4.69, 9.17) is 0 Å². The van der Waals surface area contributed by atoms with Gasteiger partial charge in [0.2, 0.25) is 35.4 Å². The summed E-state index contributed by atoms with van der Waals surface area (Å²) in [5.41, 5.74) is 1.40. The molecule has 1 saturated heterocycles. The summed E-state index contributed by atoms with van der Waals surface area (Å²) in [6.07, 6.45) is -1.02. The molecule has 14 nitrogen and oxygen atoms in total. The smallest absolute Gasteiger partial charge is 0.245 e. The monoisotopic (exact) mass is 638 g/mol. The molecule has 3 rings (SSSR count). The maximum absolute atomic E-state index is 13.9. The molecule has 2 aromatic rings. The van der Waals surface area contributed by atoms with Crippen molar-refractivity contribution in [1.29, 1.82) is 0 Å². The van der Waals surface area contributed by atoms with Crippen LogP contribution in [0, 0.1) is 5.92 Å². The Morgan fingerprint density at radius 1 is 0.652 bits per heavy atom. The highest BCUT2D eigenvalue weighted by atomic mass is 16.3. The van der Waals surface area contributed by atoms with Gasteiger partial charge >= 0.3 is 0 Å². The lowest BCUT2D eigenvalue weighted by atomic mass is 9.94. The topological polar surface area (TPSA) is 215 Å². The van der Waals surface area contributed by atoms with E-state index in [1.54, 1.807) is 60.7 Å². The lowest BCUT2D eigenvalue weighted by Gasteiger charge is -2.30. The number of hydrogen-bond donors (Lipinski definition) is 8. The third kappa shape index (κ3) is 10.4. The van der Waals surface area contributed by atoms with E-state index in [-0.39, 0.29) is 12.8 Å². The molecule has 0 saturated carbocycles. The van der Waals surface area contributed by atoms with Crippen LogP contribution in [0.25, 0.3) is 0 Å². The Morgan fingerprint density at radius 2 is 1.13 bits per heavy atom. The minimum absolute atomic E-state index is 0.00987. The van der Waals surface area contributed by atoms with Crippen LogP contribution in [0.2, 0.25) is 0 Å². The van der Waals surface area contributed by atoms with E-state index in [2.05, 4.69) is 31.9 Å². The number of carbonyl (C=O) groups excluding carboxylic acids is 6. The van der Waals surface area contributed by atoms with Gasteiger partial charge in [0.05, 0.1) is 19.3 Å². The van der Waals surface area contributed by atoms with Crippen molar-refractivity contribution in [2.45, 2.75) is 69.9 Å². The summed E-state index contributed by atoms with van der Waals surface area (Å²) in [5, 5.41) is 35.2. The van der Waals surface area contributed by atoms with Crippen molar-refractivity contribution in [3.8, 4) is 0 Å². The number of amides is 6. The Labute approximate surface area is 267 Å². The summed E-state index contributed by atoms with van der Waals surface area (Å²) in [5.74, 6) is -5.52. The first kappa shape index (κ1) is 35.7. The fourth-order valence-electron chi connectivity index (χ4n) is 4.76. The summed E-state index contributed by atoms with van der Waals surface area (Å²) < 4.78 is 0. The molecule has 1 aliphatic rings. The summed E-state index contributed by atoms with van der Waals surface area (Å²) in [4.78, 5) is 79.4. The lowest BCUT2D eigenvalue weighted by molar-refractivity contribution is -0.137. The highest BCUT2D eigenvalue weighted by Gasteiger charge is 2.36. The fraction of sp³-hybridized carbons (Fsp3) is 0.438. The number of rotatable bonds is 7. The van der Waals surface area contributed by atoms with Crippen LogP contribution >= 0.6 is 0 Å². The van der Waals surface area contributed by atoms with Gasteiger partial charge in [-0.3, -0.25) is 28.8 Å². The Kier molecular flexibility index (Phi) is 13.2. The van der Waals surface area contributed by atoms with E-state index in [1.165, 1.54) is 20.8 Å². The molecule has 1 aliphatic heterocycles. The van der Waals surface area contributed by atoms with Crippen LogP contribution in [0.1, 0.15) is 31.9 Å². The second kappa shape index (κ2) is 17.0. The van der Waals surface area contributed by atoms with Crippen molar-refractivity contribution in [3.63, 3.8) is 0 Å². The zero-order chi connectivity index (χ0) is 33.8. The maximum atomic E-state index is 13.9. The molecule has 46 heavy (non-hydrogen) atoms. The Morgan fingerprint density at radius 3 is 1.63 bits per heavy atom. The average Bonchev–Trinajstić information content (AvgIpc) is 3.04. The Hall–Kier alpha value is -4.82. The summed E-state index contributed by atoms with van der Waals surface area (Å²) >= 11 is 0. The summed E-state index contributed by atoms with van der Waals surface area (Å²) in [7, 11) is 0. The van der Waals surface area contributed by atoms with Crippen molar-refractivity contribution in [2.24, 2.45) is 5.92 Å². The second-order valence-corrected chi connectivity index (χ2v) is 11.3. The minimum atomic E-state index is -1.50. The molecular weight excluding hydrogens is 596 g/mol. The molecule has 8 N–H and O–H groups in total. The molecule has 0 bridgehead atoms. The van der Waals surface area contributed by atoms with E-state index >= 15 is 0 Å². The normalized spacial score (nSPS) is 25.3. The zero-order valence-corrected chi connectivity index (χ0v) is 26.0. The van der Waals surface area contributed by atoms with Gasteiger partial charge in [0.15, 0.2) is 0 Å². The van der Waals surface area contributed by atoms with Gasteiger partial charge < -0.3 is 42.1 Å². The molecule has 1 fully saturated rings. The summed E-state index contributed by atoms with van der Waals surface area (Å²) in [6, 6.07) is 11.3. The van der Waals surface area contributed by atoms with Gasteiger partial charge in [-0.2, -0.15) is 0 Å². The maximum Gasteiger partial charge on any atom is 0.245 e. The van der Waals surface area contributed by atoms with Crippen LogP contribution in [-0.4, -0.2) is 95.1 Å². The van der Waals surface area contributed by atoms with E-state index in [1.807, 2.05) is 0 Å². The van der Waals surface area contributed by atoms with Crippen molar-refractivity contribution in [1.82, 2.24) is 31.9 Å². The van der Waals surface area contributed by atoms with Crippen LogP contribution in [0.3, 0.4) is 0 Å². The predicted molar refractivity (Wildman–Crippen MR) is 167 cm³/mol. The number of aliphatic hydroxyl groups is 2. The molecule has 1 heterocycles. The molecule has 0 aliphatic carbocycles. The van der Waals surface area contributed by atoms with Crippen LogP contribution in [0.5, 0.6) is 0 Å². The summed E-state index contributed by atoms with van der Waals surface area (Å²) in [6.45, 7) is 2.92. The third-order valence-electron chi connectivity index (χ3n) is 7.71. The quantitative estimate of drug-likeness (QED) is 0.170. The molecular formula is C32H42N6O8. The van der Waals surface area contributed by atoms with Crippen LogP contribution in [0.4, 0.5) is 0 Å². The van der Waals surface area contributed by atoms with Crippen LogP contribution in [-0.2, 0) is 41.6 Å². The van der Waals surface area contributed by atoms with Gasteiger partial charge in [-0.15, -0.1) is 0 Å². The molecule has 0 aromatic heterocycles. The standard InChI is InChI=1S/C32H42N6O8/c1-18(20(3)40)27-32(46)37-24(15-22-12-8-5-9-13-22)30(44)36-23(14-21-10-6-4-7-11-21)29(43)34-19(2)28(42)33-16-26(41)35-25(17-39)31(45)38-27/h4-13,18-20,23-25,27,39-40H,14-17H2,1-3H3,(H,33,42)(H,34,43)(H,35,41)(H,36,44)(H,37,46)(H,38,45). The van der Waals surface area contributed by atoms with E-state index < -0.39 is 90.8 Å². The molecule has 7 unspecified atom stereocenters. The first-order valence-corrected chi connectivity index (χ1v) is 15.0. The molecule has 7 atom stereocenters. The molecule has 248 valence electrons. The van der Waals surface area contributed by atoms with Crippen molar-refractivity contribution >= 4 is 35.4 Å². The van der Waals surface area contributed by atoms with E-state index in [9.17, 15) is 39.0 Å². The van der Waals surface area contributed by atoms with Crippen LogP contribution in [0.15, 0.2) is 60.7 Å². The van der Waals surface area contributed by atoms with Gasteiger partial charge in [-0.25, -0.2) is 0 Å². The molecule has 6 amide bonds. The minimum Gasteiger partial charge on any atom is -0.394 e. The Bertz CT molecular complexity index is 1370. The van der Waals surface area contributed by atoms with Gasteiger partial charge in [0.1, 0.15) is 30.2 Å². The predicted octanol–water partition coefficient (Wildman–Crippen LogP) is -1.95. The first-order chi connectivity index (χ1) is 21.9. The average molecular weight is 639 g/mol. The van der Waals surface area contributed by atoms with Gasteiger partial charge in [0.25, 0.3) is 0 Å². The highest BCUT2D eigenvalue weighted by Crippen LogP contribution is 2.12. The van der Waals surface area contributed by atoms with Gasteiger partial charge in [-0.1, -0.05) is 67.6 Å². The SMILES string of the molecule is CC1NC(=O)C(Cc2ccccc2)NC(=O)C(Cc2ccccc2)NC(=O)C(C(C)C(C)O)NC(=O)C(CO)NC(=O)CNC1=O. The Balaban J connectivity index is 2.03. The highest BCUT2D eigenvalue weighted by molar-refractivity contribution is 5.97. The first-order valence-electron chi connectivity index (χ1n) is 15.0. The molecule has 2 aromatic carbocycles. The number of aliphatic hydroxyl groups excluding tert-OH is 2. The number of carbonyl (C=O) groups is 6. The van der Waals surface area contributed by atoms with Crippen molar-refractivity contribution in [3.05, 3.63) is 71.8 Å². The van der Waals surface area contributed by atoms with Gasteiger partial charge in [-0.05, 0) is 25.0 Å². The van der Waals surface area contributed by atoms with Gasteiger partial charge in [0, 0.05) is 18.8 Å². The zero-order valence-electron chi connectivity index (χ0n) is 26.0. The number of benzene rings is 2. The van der Waals surface area contributed by atoms with Crippen molar-refractivity contribution in [2.75, 3.05) is 13.2 Å². The number of nitrogens with one attached hydrogen (secondary N) is 6. The largest absolute Gasteiger partial charge is 0.394 e. The van der Waals surface area contributed by atoms with Crippen molar-refractivity contribution < 1.29 is 39.0 Å². The molecule has 0 spiro atoms. The second-order valence-electron chi connectivity index (χ2n) is 11.3. The molecule has 0 radical (unpaired) electrons. The van der Waals surface area contributed by atoms with E-state index in [0.29, 0.717) is 5.56 Å². The van der Waals surface area contributed by atoms with E-state index in [0.717, 1.165) is 5.56 Å². The number of hydrogen-bond acceptors (Lipinski definition) is 8. The fourth-order valence-corrected chi connectivity index (χ4v) is 4.76. The molecule has 14 heteroatoms. The lowest BCUT2D eigenvalue weighted by Crippen LogP contribution is -2.62.